The van der Waals surface area contributed by atoms with Gasteiger partial charge < -0.3 is 19.4 Å². The number of likely N-dealkylation sites (N-methyl/N-ethyl adjacent to an activating group) is 1. The second-order valence-electron chi connectivity index (χ2n) is 8.26. The van der Waals surface area contributed by atoms with Crippen LogP contribution in [0.25, 0.3) is 0 Å². The Bertz CT molecular complexity index is 805. The zero-order chi connectivity index (χ0) is 22.4. The predicted octanol–water partition coefficient (Wildman–Crippen LogP) is 1.30. The van der Waals surface area contributed by atoms with Gasteiger partial charge in [0.1, 0.15) is 0 Å². The molecule has 2 aliphatic heterocycles. The van der Waals surface area contributed by atoms with Crippen LogP contribution in [0.5, 0.6) is 0 Å². The topological polar surface area (TPSA) is 87.2 Å². The zero-order valence-electron chi connectivity index (χ0n) is 18.3. The standard InChI is InChI=1S/C23H31N3O5/c1-3-31-23(30)18-9-11-25(12-10-18)21(28)16-24(2)22(29)19-13-20(27)26(15-19)14-17-7-5-4-6-8-17/h4-8,18-19H,3,9-16H2,1-2H3. The van der Waals surface area contributed by atoms with Gasteiger partial charge in [0.25, 0.3) is 0 Å². The molecule has 2 heterocycles. The Hall–Kier alpha value is -2.90. The molecule has 168 valence electrons. The quantitative estimate of drug-likeness (QED) is 0.610. The highest BCUT2D eigenvalue weighted by Crippen LogP contribution is 2.23. The molecule has 0 bridgehead atoms. The number of benzene rings is 1. The van der Waals surface area contributed by atoms with Crippen LogP contribution >= 0.6 is 0 Å². The summed E-state index contributed by atoms with van der Waals surface area (Å²) in [7, 11) is 1.61. The second kappa shape index (κ2) is 10.4. The van der Waals surface area contributed by atoms with Crippen molar-refractivity contribution in [1.82, 2.24) is 14.7 Å². The van der Waals surface area contributed by atoms with E-state index in [0.29, 0.717) is 45.6 Å². The number of ether oxygens (including phenoxy) is 1. The van der Waals surface area contributed by atoms with Crippen LogP contribution < -0.4 is 0 Å². The lowest BCUT2D eigenvalue weighted by molar-refractivity contribution is -0.151. The zero-order valence-corrected chi connectivity index (χ0v) is 18.3. The van der Waals surface area contributed by atoms with Crippen LogP contribution in [-0.4, -0.2) is 78.2 Å². The van der Waals surface area contributed by atoms with Crippen LogP contribution in [0.2, 0.25) is 0 Å². The largest absolute Gasteiger partial charge is 0.466 e. The van der Waals surface area contributed by atoms with Gasteiger partial charge in [0, 0.05) is 39.6 Å². The average molecular weight is 430 g/mol. The Kier molecular flexibility index (Phi) is 7.65. The number of likely N-dealkylation sites (tertiary alicyclic amines) is 2. The van der Waals surface area contributed by atoms with E-state index < -0.39 is 5.92 Å². The van der Waals surface area contributed by atoms with Crippen molar-refractivity contribution < 1.29 is 23.9 Å². The average Bonchev–Trinajstić information content (AvgIpc) is 3.14. The maximum absolute atomic E-state index is 12.8. The lowest BCUT2D eigenvalue weighted by Crippen LogP contribution is -2.46. The molecule has 1 atom stereocenters. The van der Waals surface area contributed by atoms with E-state index in [1.165, 1.54) is 4.90 Å². The third kappa shape index (κ3) is 5.83. The van der Waals surface area contributed by atoms with Crippen molar-refractivity contribution >= 4 is 23.7 Å². The lowest BCUT2D eigenvalue weighted by Gasteiger charge is -2.32. The number of esters is 1. The van der Waals surface area contributed by atoms with Gasteiger partial charge in [-0.15, -0.1) is 0 Å². The number of rotatable bonds is 7. The smallest absolute Gasteiger partial charge is 0.309 e. The summed E-state index contributed by atoms with van der Waals surface area (Å²) in [5, 5.41) is 0. The molecule has 2 aliphatic rings. The van der Waals surface area contributed by atoms with Crippen molar-refractivity contribution in [1.29, 1.82) is 0 Å². The summed E-state index contributed by atoms with van der Waals surface area (Å²) in [4.78, 5) is 54.5. The molecular formula is C23H31N3O5. The Labute approximate surface area is 183 Å². The van der Waals surface area contributed by atoms with Crippen LogP contribution in [0.1, 0.15) is 31.7 Å². The minimum atomic E-state index is -0.427. The van der Waals surface area contributed by atoms with Crippen LogP contribution in [0.4, 0.5) is 0 Å². The molecule has 2 saturated heterocycles. The summed E-state index contributed by atoms with van der Waals surface area (Å²) >= 11 is 0. The summed E-state index contributed by atoms with van der Waals surface area (Å²) in [5.74, 6) is -1.15. The molecule has 3 amide bonds. The SMILES string of the molecule is CCOC(=O)C1CCN(C(=O)CN(C)C(=O)C2CC(=O)N(Cc3ccccc3)C2)CC1. The fourth-order valence-electron chi connectivity index (χ4n) is 4.21. The Morgan fingerprint density at radius 2 is 1.77 bits per heavy atom. The number of carbonyl (C=O) groups is 4. The third-order valence-corrected chi connectivity index (χ3v) is 6.00. The van der Waals surface area contributed by atoms with Gasteiger partial charge in [-0.05, 0) is 25.3 Å². The maximum atomic E-state index is 12.8. The van der Waals surface area contributed by atoms with Crippen molar-refractivity contribution in [2.24, 2.45) is 11.8 Å². The van der Waals surface area contributed by atoms with Crippen molar-refractivity contribution in [3.63, 3.8) is 0 Å². The van der Waals surface area contributed by atoms with Gasteiger partial charge in [0.05, 0.1) is 25.0 Å². The molecule has 1 aromatic carbocycles. The van der Waals surface area contributed by atoms with E-state index in [4.69, 9.17) is 4.74 Å². The Morgan fingerprint density at radius 3 is 2.42 bits per heavy atom. The van der Waals surface area contributed by atoms with Gasteiger partial charge in [0.15, 0.2) is 0 Å². The summed E-state index contributed by atoms with van der Waals surface area (Å²) in [5.41, 5.74) is 1.03. The van der Waals surface area contributed by atoms with Crippen LogP contribution in [0, 0.1) is 11.8 Å². The van der Waals surface area contributed by atoms with E-state index in [1.54, 1.807) is 23.8 Å². The monoisotopic (exact) mass is 429 g/mol. The maximum Gasteiger partial charge on any atom is 0.309 e. The van der Waals surface area contributed by atoms with Crippen molar-refractivity contribution in [2.75, 3.05) is 39.8 Å². The van der Waals surface area contributed by atoms with Crippen molar-refractivity contribution in [3.05, 3.63) is 35.9 Å². The molecular weight excluding hydrogens is 398 g/mol. The van der Waals surface area contributed by atoms with Gasteiger partial charge >= 0.3 is 5.97 Å². The number of hydrogen-bond donors (Lipinski definition) is 0. The fourth-order valence-corrected chi connectivity index (χ4v) is 4.21. The molecule has 0 radical (unpaired) electrons. The van der Waals surface area contributed by atoms with Crippen LogP contribution in [-0.2, 0) is 30.5 Å². The molecule has 0 aliphatic carbocycles. The highest BCUT2D eigenvalue weighted by Gasteiger charge is 2.36. The molecule has 0 spiro atoms. The van der Waals surface area contributed by atoms with Gasteiger partial charge in [-0.2, -0.15) is 0 Å². The third-order valence-electron chi connectivity index (χ3n) is 6.00. The first-order valence-electron chi connectivity index (χ1n) is 10.9. The van der Waals surface area contributed by atoms with Crippen LogP contribution in [0.15, 0.2) is 30.3 Å². The van der Waals surface area contributed by atoms with E-state index in [0.717, 1.165) is 5.56 Å². The van der Waals surface area contributed by atoms with E-state index in [9.17, 15) is 19.2 Å². The van der Waals surface area contributed by atoms with Crippen molar-refractivity contribution in [2.45, 2.75) is 32.7 Å². The molecule has 8 heteroatoms. The fraction of sp³-hybridized carbons (Fsp3) is 0.565. The molecule has 0 N–H and O–H groups in total. The molecule has 1 unspecified atom stereocenters. The first-order valence-corrected chi connectivity index (χ1v) is 10.9. The number of nitrogens with zero attached hydrogens (tertiary/aromatic N) is 3. The number of hydrogen-bond acceptors (Lipinski definition) is 5. The van der Waals surface area contributed by atoms with E-state index in [1.807, 2.05) is 30.3 Å². The van der Waals surface area contributed by atoms with Gasteiger partial charge in [-0.1, -0.05) is 30.3 Å². The number of carbonyl (C=O) groups excluding carboxylic acids is 4. The number of amides is 3. The predicted molar refractivity (Wildman–Crippen MR) is 114 cm³/mol. The molecule has 8 nitrogen and oxygen atoms in total. The minimum absolute atomic E-state index is 0.0215. The first kappa shape index (κ1) is 22.8. The molecule has 0 aromatic heterocycles. The summed E-state index contributed by atoms with van der Waals surface area (Å²) in [6, 6.07) is 9.69. The second-order valence-corrected chi connectivity index (χ2v) is 8.26. The molecule has 1 aromatic rings. The van der Waals surface area contributed by atoms with E-state index in [2.05, 4.69) is 0 Å². The first-order chi connectivity index (χ1) is 14.9. The number of piperidine rings is 1. The van der Waals surface area contributed by atoms with Gasteiger partial charge in [-0.25, -0.2) is 0 Å². The summed E-state index contributed by atoms with van der Waals surface area (Å²) in [6.45, 7) is 3.94. The molecule has 3 rings (SSSR count). The summed E-state index contributed by atoms with van der Waals surface area (Å²) in [6.07, 6.45) is 1.33. The summed E-state index contributed by atoms with van der Waals surface area (Å²) < 4.78 is 5.06. The highest BCUT2D eigenvalue weighted by atomic mass is 16.5. The van der Waals surface area contributed by atoms with Gasteiger partial charge in [0.2, 0.25) is 17.7 Å². The Balaban J connectivity index is 1.46. The minimum Gasteiger partial charge on any atom is -0.466 e. The van der Waals surface area contributed by atoms with Gasteiger partial charge in [-0.3, -0.25) is 19.2 Å². The van der Waals surface area contributed by atoms with E-state index in [-0.39, 0.29) is 42.6 Å². The molecule has 31 heavy (non-hydrogen) atoms. The van der Waals surface area contributed by atoms with E-state index >= 15 is 0 Å². The van der Waals surface area contributed by atoms with Crippen LogP contribution in [0.3, 0.4) is 0 Å². The normalized spacial score (nSPS) is 19.4. The lowest BCUT2D eigenvalue weighted by atomic mass is 9.97. The highest BCUT2D eigenvalue weighted by molar-refractivity contribution is 5.91. The Morgan fingerprint density at radius 1 is 1.10 bits per heavy atom. The molecule has 0 saturated carbocycles. The molecule has 2 fully saturated rings. The van der Waals surface area contributed by atoms with Crippen molar-refractivity contribution in [3.8, 4) is 0 Å².